The minimum Gasteiger partial charge on any atom is -0.493 e. The van der Waals surface area contributed by atoms with Crippen molar-refractivity contribution in [3.8, 4) is 23.3 Å². The average Bonchev–Trinajstić information content (AvgIpc) is 2.65. The Hall–Kier alpha value is -3.26. The fourth-order valence-electron chi connectivity index (χ4n) is 2.51. The van der Waals surface area contributed by atoms with E-state index in [1.54, 1.807) is 24.3 Å². The molecule has 0 amide bonds. The van der Waals surface area contributed by atoms with Gasteiger partial charge >= 0.3 is 5.97 Å². The van der Waals surface area contributed by atoms with E-state index in [0.717, 1.165) is 11.1 Å². The van der Waals surface area contributed by atoms with E-state index >= 15 is 0 Å². The number of esters is 1. The number of nitriles is 1. The lowest BCUT2D eigenvalue weighted by Crippen LogP contribution is -2.20. The van der Waals surface area contributed by atoms with Gasteiger partial charge < -0.3 is 14.2 Å². The molecule has 0 bridgehead atoms. The van der Waals surface area contributed by atoms with E-state index in [9.17, 15) is 4.79 Å². The van der Waals surface area contributed by atoms with Crippen molar-refractivity contribution in [3.63, 3.8) is 0 Å². The molecule has 0 spiro atoms. The number of para-hydroxylation sites is 1. The second-order valence-electron chi connectivity index (χ2n) is 6.88. The maximum absolute atomic E-state index is 12.2. The summed E-state index contributed by atoms with van der Waals surface area (Å²) in [5, 5.41) is 8.60. The Kier molecular flexibility index (Phi) is 6.62. The van der Waals surface area contributed by atoms with Crippen molar-refractivity contribution in [2.75, 3.05) is 13.7 Å². The van der Waals surface area contributed by atoms with Crippen molar-refractivity contribution < 1.29 is 19.0 Å². The average molecular weight is 365 g/mol. The van der Waals surface area contributed by atoms with E-state index in [-0.39, 0.29) is 12.0 Å². The van der Waals surface area contributed by atoms with Gasteiger partial charge in [0.05, 0.1) is 13.2 Å². The number of carbonyl (C=O) groups excluding carboxylic acids is 1. The number of nitrogens with zero attached hydrogens (tertiary/aromatic N) is 1. The van der Waals surface area contributed by atoms with Crippen LogP contribution in [-0.4, -0.2) is 19.7 Å². The van der Waals surface area contributed by atoms with Crippen LogP contribution in [0.2, 0.25) is 0 Å². The normalized spacial score (nSPS) is 11.1. The predicted octanol–water partition coefficient (Wildman–Crippen LogP) is 4.51. The summed E-state index contributed by atoms with van der Waals surface area (Å²) in [5.74, 6) is 0.825. The highest BCUT2D eigenvalue weighted by molar-refractivity contribution is 5.75. The Labute approximate surface area is 159 Å². The summed E-state index contributed by atoms with van der Waals surface area (Å²) in [6.45, 7) is 6.04. The number of ether oxygens (including phenoxy) is 3. The van der Waals surface area contributed by atoms with Crippen molar-refractivity contribution in [1.82, 2.24) is 0 Å². The van der Waals surface area contributed by atoms with Crippen LogP contribution in [0.4, 0.5) is 0 Å². The van der Waals surface area contributed by atoms with Crippen LogP contribution in [0.1, 0.15) is 31.9 Å². The highest BCUT2D eigenvalue weighted by Gasteiger charge is 2.19. The van der Waals surface area contributed by atoms with E-state index in [4.69, 9.17) is 19.5 Å². The van der Waals surface area contributed by atoms with Crippen LogP contribution in [0.3, 0.4) is 0 Å². The smallest absolute Gasteiger partial charge is 0.349 e. The standard InChI is InChI=1S/C22H23NO4/c1-22(2,3)17-9-5-6-10-18(17)26-15-21(24)27-19-12-11-16(8-7-13-23)14-20(19)25-4/h5-12,14H,15H2,1-4H3/b8-7-. The number of rotatable bonds is 6. The van der Waals surface area contributed by atoms with Crippen molar-refractivity contribution in [1.29, 1.82) is 5.26 Å². The first-order valence-corrected chi connectivity index (χ1v) is 8.52. The highest BCUT2D eigenvalue weighted by Crippen LogP contribution is 2.31. The molecule has 0 N–H and O–H groups in total. The quantitative estimate of drug-likeness (QED) is 0.428. The molecule has 27 heavy (non-hydrogen) atoms. The topological polar surface area (TPSA) is 68.5 Å². The monoisotopic (exact) mass is 365 g/mol. The third kappa shape index (κ3) is 5.61. The second kappa shape index (κ2) is 8.91. The number of methoxy groups -OCH3 is 1. The molecule has 5 heteroatoms. The molecule has 0 unspecified atom stereocenters. The number of allylic oxidation sites excluding steroid dienone is 1. The zero-order valence-corrected chi connectivity index (χ0v) is 16.0. The Morgan fingerprint density at radius 2 is 1.85 bits per heavy atom. The van der Waals surface area contributed by atoms with Gasteiger partial charge in [0.2, 0.25) is 0 Å². The Morgan fingerprint density at radius 3 is 2.52 bits per heavy atom. The number of hydrogen-bond donors (Lipinski definition) is 0. The lowest BCUT2D eigenvalue weighted by atomic mass is 9.86. The van der Waals surface area contributed by atoms with Gasteiger partial charge in [0.25, 0.3) is 0 Å². The first-order valence-electron chi connectivity index (χ1n) is 8.52. The minimum atomic E-state index is -0.530. The maximum Gasteiger partial charge on any atom is 0.349 e. The van der Waals surface area contributed by atoms with Gasteiger partial charge in [-0.3, -0.25) is 0 Å². The molecule has 0 aliphatic rings. The minimum absolute atomic E-state index is 0.101. The van der Waals surface area contributed by atoms with Crippen LogP contribution in [-0.2, 0) is 10.2 Å². The molecule has 0 fully saturated rings. The molecule has 0 radical (unpaired) electrons. The van der Waals surface area contributed by atoms with Crippen molar-refractivity contribution >= 4 is 12.0 Å². The third-order valence-electron chi connectivity index (χ3n) is 3.80. The van der Waals surface area contributed by atoms with Crippen LogP contribution in [0.5, 0.6) is 17.2 Å². The molecule has 0 aromatic heterocycles. The Bertz CT molecular complexity index is 873. The zero-order valence-electron chi connectivity index (χ0n) is 16.0. The highest BCUT2D eigenvalue weighted by atomic mass is 16.6. The largest absolute Gasteiger partial charge is 0.493 e. The van der Waals surface area contributed by atoms with Crippen molar-refractivity contribution in [2.24, 2.45) is 0 Å². The van der Waals surface area contributed by atoms with Crippen molar-refractivity contribution in [2.45, 2.75) is 26.2 Å². The number of hydrogen-bond acceptors (Lipinski definition) is 5. The lowest BCUT2D eigenvalue weighted by Gasteiger charge is -2.22. The second-order valence-corrected chi connectivity index (χ2v) is 6.88. The Morgan fingerprint density at radius 1 is 1.11 bits per heavy atom. The molecule has 5 nitrogen and oxygen atoms in total. The van der Waals surface area contributed by atoms with E-state index in [2.05, 4.69) is 20.8 Å². The summed E-state index contributed by atoms with van der Waals surface area (Å²) in [6, 6.07) is 14.6. The summed E-state index contributed by atoms with van der Waals surface area (Å²) >= 11 is 0. The molecule has 0 aliphatic heterocycles. The van der Waals surface area contributed by atoms with E-state index < -0.39 is 5.97 Å². The zero-order chi connectivity index (χ0) is 19.9. The molecule has 0 aliphatic carbocycles. The van der Waals surface area contributed by atoms with Crippen LogP contribution >= 0.6 is 0 Å². The van der Waals surface area contributed by atoms with Gasteiger partial charge in [0.15, 0.2) is 18.1 Å². The van der Waals surface area contributed by atoms with Crippen molar-refractivity contribution in [3.05, 3.63) is 59.7 Å². The van der Waals surface area contributed by atoms with Crippen LogP contribution in [0.15, 0.2) is 48.5 Å². The Balaban J connectivity index is 2.07. The lowest BCUT2D eigenvalue weighted by molar-refractivity contribution is -0.136. The van der Waals surface area contributed by atoms with Crippen LogP contribution < -0.4 is 14.2 Å². The van der Waals surface area contributed by atoms with Gasteiger partial charge in [-0.25, -0.2) is 4.79 Å². The van der Waals surface area contributed by atoms with E-state index in [1.807, 2.05) is 30.3 Å². The fourth-order valence-corrected chi connectivity index (χ4v) is 2.51. The SMILES string of the molecule is COc1cc(/C=C\C#N)ccc1OC(=O)COc1ccccc1C(C)(C)C. The first-order chi connectivity index (χ1) is 12.8. The molecule has 0 saturated carbocycles. The molecule has 0 atom stereocenters. The van der Waals surface area contributed by atoms with Gasteiger partial charge in [-0.05, 0) is 40.8 Å². The number of carbonyl (C=O) groups is 1. The van der Waals surface area contributed by atoms with Gasteiger partial charge in [-0.1, -0.05) is 45.0 Å². The van der Waals surface area contributed by atoms with Gasteiger partial charge in [0, 0.05) is 6.08 Å². The summed E-state index contributed by atoms with van der Waals surface area (Å²) in [7, 11) is 1.49. The first kappa shape index (κ1) is 20.1. The number of benzene rings is 2. The molecule has 140 valence electrons. The van der Waals surface area contributed by atoms with Gasteiger partial charge in [-0.15, -0.1) is 0 Å². The molecule has 0 heterocycles. The van der Waals surface area contributed by atoms with E-state index in [0.29, 0.717) is 17.2 Å². The van der Waals surface area contributed by atoms with Crippen LogP contribution in [0, 0.1) is 11.3 Å². The molecule has 0 saturated heterocycles. The molecular formula is C22H23NO4. The molecule has 2 aromatic rings. The van der Waals surface area contributed by atoms with Gasteiger partial charge in [-0.2, -0.15) is 5.26 Å². The summed E-state index contributed by atoms with van der Waals surface area (Å²) < 4.78 is 16.3. The summed E-state index contributed by atoms with van der Waals surface area (Å²) in [4.78, 5) is 12.2. The molecular weight excluding hydrogens is 342 g/mol. The van der Waals surface area contributed by atoms with Crippen LogP contribution in [0.25, 0.3) is 6.08 Å². The predicted molar refractivity (Wildman–Crippen MR) is 104 cm³/mol. The molecule has 2 aromatic carbocycles. The maximum atomic E-state index is 12.2. The third-order valence-corrected chi connectivity index (χ3v) is 3.80. The summed E-state index contributed by atoms with van der Waals surface area (Å²) in [6.07, 6.45) is 3.00. The summed E-state index contributed by atoms with van der Waals surface area (Å²) in [5.41, 5.74) is 1.68. The fraction of sp³-hybridized carbons (Fsp3) is 0.273. The molecule has 2 rings (SSSR count). The van der Waals surface area contributed by atoms with Gasteiger partial charge in [0.1, 0.15) is 5.75 Å². The van der Waals surface area contributed by atoms with E-state index in [1.165, 1.54) is 13.2 Å².